The summed E-state index contributed by atoms with van der Waals surface area (Å²) in [5, 5.41) is 13.2. The molecule has 0 aromatic carbocycles. The summed E-state index contributed by atoms with van der Waals surface area (Å²) < 4.78 is 0. The van der Waals surface area contributed by atoms with Gasteiger partial charge in [0.15, 0.2) is 0 Å². The summed E-state index contributed by atoms with van der Waals surface area (Å²) >= 11 is 0. The van der Waals surface area contributed by atoms with Gasteiger partial charge in [0, 0.05) is 11.6 Å². The molecule has 0 aromatic rings. The maximum Gasteiger partial charge on any atom is 0.0611 e. The maximum atomic E-state index is 9.66. The molecule has 0 spiro atoms. The number of piperidine rings is 1. The van der Waals surface area contributed by atoms with E-state index < -0.39 is 0 Å². The van der Waals surface area contributed by atoms with Gasteiger partial charge in [0.1, 0.15) is 0 Å². The van der Waals surface area contributed by atoms with Crippen molar-refractivity contribution in [1.82, 2.24) is 10.2 Å². The van der Waals surface area contributed by atoms with Crippen molar-refractivity contribution < 1.29 is 5.11 Å². The predicted octanol–water partition coefficient (Wildman–Crippen LogP) is 2.64. The maximum absolute atomic E-state index is 9.66. The molecule has 2 atom stereocenters. The summed E-state index contributed by atoms with van der Waals surface area (Å²) in [7, 11) is 0. The van der Waals surface area contributed by atoms with Crippen molar-refractivity contribution in [3.63, 3.8) is 0 Å². The van der Waals surface area contributed by atoms with Crippen molar-refractivity contribution in [2.24, 2.45) is 5.41 Å². The molecule has 0 saturated carbocycles. The zero-order valence-corrected chi connectivity index (χ0v) is 13.6. The summed E-state index contributed by atoms with van der Waals surface area (Å²) in [6.07, 6.45) is 4.71. The van der Waals surface area contributed by atoms with Crippen molar-refractivity contribution in [3.8, 4) is 0 Å². The van der Waals surface area contributed by atoms with E-state index in [0.29, 0.717) is 11.5 Å². The molecule has 0 bridgehead atoms. The van der Waals surface area contributed by atoms with Crippen LogP contribution in [0, 0.1) is 5.41 Å². The molecule has 3 heteroatoms. The SMILES string of the molecule is CCCNC(C)(CO)CC(C)N1CCC(C)(C)CC1. The van der Waals surface area contributed by atoms with Gasteiger partial charge in [-0.05, 0) is 64.6 Å². The molecule has 1 fully saturated rings. The van der Waals surface area contributed by atoms with E-state index in [1.165, 1.54) is 25.9 Å². The molecule has 1 aliphatic rings. The van der Waals surface area contributed by atoms with Crippen LogP contribution in [0.1, 0.15) is 60.3 Å². The Morgan fingerprint density at radius 1 is 1.32 bits per heavy atom. The van der Waals surface area contributed by atoms with Crippen molar-refractivity contribution in [1.29, 1.82) is 0 Å². The zero-order valence-electron chi connectivity index (χ0n) is 13.6. The molecule has 1 saturated heterocycles. The van der Waals surface area contributed by atoms with Crippen LogP contribution in [0.15, 0.2) is 0 Å². The molecule has 2 unspecified atom stereocenters. The molecule has 0 amide bonds. The second-order valence-corrected chi connectivity index (χ2v) is 7.40. The lowest BCUT2D eigenvalue weighted by Gasteiger charge is -2.42. The van der Waals surface area contributed by atoms with E-state index >= 15 is 0 Å². The van der Waals surface area contributed by atoms with E-state index in [1.54, 1.807) is 0 Å². The molecule has 1 rings (SSSR count). The summed E-state index contributed by atoms with van der Waals surface area (Å²) in [6, 6.07) is 0.539. The Bertz CT molecular complexity index is 257. The fourth-order valence-corrected chi connectivity index (χ4v) is 2.97. The van der Waals surface area contributed by atoms with Gasteiger partial charge in [-0.15, -0.1) is 0 Å². The highest BCUT2D eigenvalue weighted by Gasteiger charge is 2.31. The number of hydrogen-bond donors (Lipinski definition) is 2. The highest BCUT2D eigenvalue weighted by molar-refractivity contribution is 4.89. The van der Waals surface area contributed by atoms with Crippen molar-refractivity contribution in [3.05, 3.63) is 0 Å². The van der Waals surface area contributed by atoms with E-state index in [9.17, 15) is 5.11 Å². The van der Waals surface area contributed by atoms with E-state index in [-0.39, 0.29) is 12.1 Å². The summed E-state index contributed by atoms with van der Waals surface area (Å²) in [4.78, 5) is 2.59. The molecule has 1 aliphatic heterocycles. The highest BCUT2D eigenvalue weighted by atomic mass is 16.3. The Balaban J connectivity index is 2.46. The quantitative estimate of drug-likeness (QED) is 0.746. The lowest BCUT2D eigenvalue weighted by Crippen LogP contribution is -2.52. The van der Waals surface area contributed by atoms with Gasteiger partial charge in [-0.3, -0.25) is 0 Å². The van der Waals surface area contributed by atoms with Crippen molar-refractivity contribution >= 4 is 0 Å². The third kappa shape index (κ3) is 5.41. The standard InChI is InChI=1S/C16H34N2O/c1-6-9-17-16(5,13-19)12-14(2)18-10-7-15(3,4)8-11-18/h14,17,19H,6-13H2,1-5H3. The monoisotopic (exact) mass is 270 g/mol. The molecule has 0 aliphatic carbocycles. The first-order valence-corrected chi connectivity index (χ1v) is 7.92. The van der Waals surface area contributed by atoms with Crippen LogP contribution in [-0.2, 0) is 0 Å². The van der Waals surface area contributed by atoms with Gasteiger partial charge in [0.2, 0.25) is 0 Å². The highest BCUT2D eigenvalue weighted by Crippen LogP contribution is 2.31. The minimum atomic E-state index is -0.137. The molecule has 3 nitrogen and oxygen atoms in total. The summed E-state index contributed by atoms with van der Waals surface area (Å²) in [5.74, 6) is 0. The van der Waals surface area contributed by atoms with Gasteiger partial charge in [0.25, 0.3) is 0 Å². The Labute approximate surface area is 119 Å². The number of nitrogens with one attached hydrogen (secondary N) is 1. The van der Waals surface area contributed by atoms with Crippen LogP contribution < -0.4 is 5.32 Å². The Morgan fingerprint density at radius 3 is 2.37 bits per heavy atom. The third-order valence-corrected chi connectivity index (χ3v) is 4.67. The lowest BCUT2D eigenvalue weighted by molar-refractivity contribution is 0.0693. The molecule has 1 heterocycles. The van der Waals surface area contributed by atoms with Gasteiger partial charge >= 0.3 is 0 Å². The topological polar surface area (TPSA) is 35.5 Å². The van der Waals surface area contributed by atoms with Crippen LogP contribution in [0.2, 0.25) is 0 Å². The lowest BCUT2D eigenvalue weighted by atomic mass is 9.81. The van der Waals surface area contributed by atoms with Crippen LogP contribution in [-0.4, -0.2) is 47.8 Å². The first-order valence-electron chi connectivity index (χ1n) is 7.92. The smallest absolute Gasteiger partial charge is 0.0611 e. The van der Waals surface area contributed by atoms with Gasteiger partial charge < -0.3 is 15.3 Å². The molecule has 114 valence electrons. The van der Waals surface area contributed by atoms with Gasteiger partial charge in [0.05, 0.1) is 6.61 Å². The van der Waals surface area contributed by atoms with E-state index in [2.05, 4.69) is 44.8 Å². The average Bonchev–Trinajstić information content (AvgIpc) is 2.36. The van der Waals surface area contributed by atoms with Crippen molar-refractivity contribution in [2.45, 2.75) is 71.9 Å². The van der Waals surface area contributed by atoms with Gasteiger partial charge in [-0.25, -0.2) is 0 Å². The van der Waals surface area contributed by atoms with E-state index in [1.807, 2.05) is 0 Å². The normalized spacial score (nSPS) is 24.9. The van der Waals surface area contributed by atoms with Crippen LogP contribution in [0.5, 0.6) is 0 Å². The number of likely N-dealkylation sites (tertiary alicyclic amines) is 1. The van der Waals surface area contributed by atoms with E-state index in [0.717, 1.165) is 19.4 Å². The Hall–Kier alpha value is -0.120. The molecule has 2 N–H and O–H groups in total. The van der Waals surface area contributed by atoms with Crippen molar-refractivity contribution in [2.75, 3.05) is 26.2 Å². The van der Waals surface area contributed by atoms with Crippen LogP contribution in [0.25, 0.3) is 0 Å². The second kappa shape index (κ2) is 7.05. The molecule has 19 heavy (non-hydrogen) atoms. The minimum absolute atomic E-state index is 0.137. The van der Waals surface area contributed by atoms with Crippen LogP contribution in [0.3, 0.4) is 0 Å². The summed E-state index contributed by atoms with van der Waals surface area (Å²) in [6.45, 7) is 15.0. The number of nitrogens with zero attached hydrogens (tertiary/aromatic N) is 1. The molecular weight excluding hydrogens is 236 g/mol. The second-order valence-electron chi connectivity index (χ2n) is 7.40. The first kappa shape index (κ1) is 16.9. The minimum Gasteiger partial charge on any atom is -0.394 e. The van der Waals surface area contributed by atoms with Crippen LogP contribution >= 0.6 is 0 Å². The number of aliphatic hydroxyl groups is 1. The molecule has 0 radical (unpaired) electrons. The fraction of sp³-hybridized carbons (Fsp3) is 1.00. The predicted molar refractivity (Wildman–Crippen MR) is 82.5 cm³/mol. The Morgan fingerprint density at radius 2 is 1.89 bits per heavy atom. The first-order chi connectivity index (χ1) is 8.82. The molecular formula is C16H34N2O. The largest absolute Gasteiger partial charge is 0.394 e. The number of aliphatic hydroxyl groups excluding tert-OH is 1. The van der Waals surface area contributed by atoms with E-state index in [4.69, 9.17) is 0 Å². The number of hydrogen-bond acceptors (Lipinski definition) is 3. The van der Waals surface area contributed by atoms with Gasteiger partial charge in [-0.1, -0.05) is 20.8 Å². The summed E-state index contributed by atoms with van der Waals surface area (Å²) in [5.41, 5.74) is 0.374. The molecule has 0 aromatic heterocycles. The number of rotatable bonds is 7. The average molecular weight is 270 g/mol. The fourth-order valence-electron chi connectivity index (χ4n) is 2.97. The third-order valence-electron chi connectivity index (χ3n) is 4.67. The van der Waals surface area contributed by atoms with Crippen LogP contribution in [0.4, 0.5) is 0 Å². The Kier molecular flexibility index (Phi) is 6.28. The zero-order chi connectivity index (χ0) is 14.5. The van der Waals surface area contributed by atoms with Gasteiger partial charge in [-0.2, -0.15) is 0 Å².